The summed E-state index contributed by atoms with van der Waals surface area (Å²) in [6, 6.07) is 3.17. The summed E-state index contributed by atoms with van der Waals surface area (Å²) < 4.78 is 37.1. The van der Waals surface area contributed by atoms with Crippen LogP contribution in [0.2, 0.25) is 0 Å². The van der Waals surface area contributed by atoms with Crippen LogP contribution in [0.3, 0.4) is 0 Å². The summed E-state index contributed by atoms with van der Waals surface area (Å²) in [5.41, 5.74) is 0.553. The standard InChI is InChI=1S/C17H18F2N2O3/c1-10-16(23-9-20-10)17(22)21-13-2-4-14(5-3-13)24-15-7-11(18)6-12(19)8-15/h6-9,13-14H,2-5H2,1H3,(H,21,22). The van der Waals surface area contributed by atoms with E-state index >= 15 is 0 Å². The van der Waals surface area contributed by atoms with Crippen LogP contribution in [0.1, 0.15) is 41.9 Å². The zero-order chi connectivity index (χ0) is 17.1. The minimum atomic E-state index is -0.659. The van der Waals surface area contributed by atoms with E-state index in [9.17, 15) is 13.6 Å². The zero-order valence-electron chi connectivity index (χ0n) is 13.2. The molecular formula is C17H18F2N2O3. The first-order chi connectivity index (χ1) is 11.5. The van der Waals surface area contributed by atoms with Crippen molar-refractivity contribution in [1.29, 1.82) is 0 Å². The Hall–Kier alpha value is -2.44. The van der Waals surface area contributed by atoms with E-state index < -0.39 is 11.6 Å². The van der Waals surface area contributed by atoms with Crippen LogP contribution in [0, 0.1) is 18.6 Å². The van der Waals surface area contributed by atoms with Gasteiger partial charge in [-0.05, 0) is 32.6 Å². The van der Waals surface area contributed by atoms with Crippen molar-refractivity contribution in [3.63, 3.8) is 0 Å². The molecule has 0 aliphatic heterocycles. The van der Waals surface area contributed by atoms with Crippen molar-refractivity contribution in [2.45, 2.75) is 44.8 Å². The summed E-state index contributed by atoms with van der Waals surface area (Å²) >= 11 is 0. The molecule has 1 amide bonds. The summed E-state index contributed by atoms with van der Waals surface area (Å²) in [7, 11) is 0. The Morgan fingerprint density at radius 1 is 1.21 bits per heavy atom. The Kier molecular flexibility index (Phi) is 4.78. The largest absolute Gasteiger partial charge is 0.490 e. The van der Waals surface area contributed by atoms with Gasteiger partial charge in [0.2, 0.25) is 5.76 Å². The molecule has 0 unspecified atom stereocenters. The van der Waals surface area contributed by atoms with Crippen LogP contribution in [0.4, 0.5) is 8.78 Å². The Morgan fingerprint density at radius 2 is 1.88 bits per heavy atom. The van der Waals surface area contributed by atoms with Gasteiger partial charge in [-0.25, -0.2) is 13.8 Å². The molecule has 0 spiro atoms. The molecule has 1 fully saturated rings. The van der Waals surface area contributed by atoms with E-state index in [1.165, 1.54) is 18.5 Å². The van der Waals surface area contributed by atoms with Crippen molar-refractivity contribution in [2.75, 3.05) is 0 Å². The number of ether oxygens (including phenoxy) is 1. The minimum Gasteiger partial charge on any atom is -0.490 e. The van der Waals surface area contributed by atoms with Gasteiger partial charge in [0.05, 0.1) is 11.8 Å². The van der Waals surface area contributed by atoms with E-state index in [0.717, 1.165) is 18.9 Å². The van der Waals surface area contributed by atoms with E-state index in [-0.39, 0.29) is 29.6 Å². The smallest absolute Gasteiger partial charge is 0.289 e. The molecule has 0 saturated heterocycles. The maximum atomic E-state index is 13.2. The van der Waals surface area contributed by atoms with Crippen molar-refractivity contribution in [2.24, 2.45) is 0 Å². The molecule has 1 aliphatic rings. The average molecular weight is 336 g/mol. The second kappa shape index (κ2) is 6.98. The first-order valence-corrected chi connectivity index (χ1v) is 7.85. The second-order valence-corrected chi connectivity index (χ2v) is 5.94. The maximum absolute atomic E-state index is 13.2. The van der Waals surface area contributed by atoms with E-state index in [4.69, 9.17) is 9.15 Å². The average Bonchev–Trinajstić information content (AvgIpc) is 2.94. The van der Waals surface area contributed by atoms with Crippen molar-refractivity contribution in [1.82, 2.24) is 10.3 Å². The molecule has 1 heterocycles. The molecule has 7 heteroatoms. The quantitative estimate of drug-likeness (QED) is 0.930. The summed E-state index contributed by atoms with van der Waals surface area (Å²) in [5.74, 6) is -1.18. The molecule has 1 aromatic carbocycles. The van der Waals surface area contributed by atoms with Gasteiger partial charge in [0.1, 0.15) is 17.4 Å². The molecule has 5 nitrogen and oxygen atoms in total. The molecule has 128 valence electrons. The van der Waals surface area contributed by atoms with Crippen molar-refractivity contribution in [3.8, 4) is 5.75 Å². The van der Waals surface area contributed by atoms with Gasteiger partial charge >= 0.3 is 0 Å². The molecule has 1 saturated carbocycles. The molecule has 0 bridgehead atoms. The number of oxazole rings is 1. The van der Waals surface area contributed by atoms with Gasteiger partial charge < -0.3 is 14.5 Å². The van der Waals surface area contributed by atoms with Crippen molar-refractivity contribution >= 4 is 5.91 Å². The third-order valence-corrected chi connectivity index (χ3v) is 4.10. The Bertz CT molecular complexity index is 704. The topological polar surface area (TPSA) is 64.4 Å². The SMILES string of the molecule is Cc1ncoc1C(=O)NC1CCC(Oc2cc(F)cc(F)c2)CC1. The number of benzene rings is 1. The van der Waals surface area contributed by atoms with Gasteiger partial charge in [0.15, 0.2) is 6.39 Å². The van der Waals surface area contributed by atoms with Crippen LogP contribution in [-0.2, 0) is 0 Å². The lowest BCUT2D eigenvalue weighted by molar-refractivity contribution is 0.0865. The number of amides is 1. The molecule has 2 aromatic rings. The molecule has 1 aromatic heterocycles. The number of carbonyl (C=O) groups excluding carboxylic acids is 1. The lowest BCUT2D eigenvalue weighted by Crippen LogP contribution is -2.39. The highest BCUT2D eigenvalue weighted by molar-refractivity contribution is 5.92. The number of hydrogen-bond acceptors (Lipinski definition) is 4. The third kappa shape index (κ3) is 3.90. The highest BCUT2D eigenvalue weighted by atomic mass is 19.1. The van der Waals surface area contributed by atoms with E-state index in [1.54, 1.807) is 6.92 Å². The molecule has 1 N–H and O–H groups in total. The zero-order valence-corrected chi connectivity index (χ0v) is 13.2. The summed E-state index contributed by atoms with van der Waals surface area (Å²) in [4.78, 5) is 16.0. The summed E-state index contributed by atoms with van der Waals surface area (Å²) in [6.45, 7) is 1.71. The van der Waals surface area contributed by atoms with Crippen LogP contribution in [0.5, 0.6) is 5.75 Å². The van der Waals surface area contributed by atoms with Crippen LogP contribution >= 0.6 is 0 Å². The Morgan fingerprint density at radius 3 is 2.46 bits per heavy atom. The third-order valence-electron chi connectivity index (χ3n) is 4.10. The minimum absolute atomic E-state index is 0.0195. The van der Waals surface area contributed by atoms with Crippen LogP contribution < -0.4 is 10.1 Å². The molecule has 0 atom stereocenters. The van der Waals surface area contributed by atoms with Gasteiger partial charge in [0, 0.05) is 24.2 Å². The normalized spacial score (nSPS) is 20.6. The highest BCUT2D eigenvalue weighted by Gasteiger charge is 2.25. The predicted molar refractivity (Wildman–Crippen MR) is 81.7 cm³/mol. The summed E-state index contributed by atoms with van der Waals surface area (Å²) in [6.07, 6.45) is 3.96. The van der Waals surface area contributed by atoms with E-state index in [2.05, 4.69) is 10.3 Å². The van der Waals surface area contributed by atoms with Crippen LogP contribution in [-0.4, -0.2) is 23.0 Å². The molecule has 0 radical (unpaired) electrons. The Balaban J connectivity index is 1.50. The number of hydrogen-bond donors (Lipinski definition) is 1. The fraction of sp³-hybridized carbons (Fsp3) is 0.412. The van der Waals surface area contributed by atoms with E-state index in [1.807, 2.05) is 0 Å². The molecular weight excluding hydrogens is 318 g/mol. The fourth-order valence-electron chi connectivity index (χ4n) is 2.88. The summed E-state index contributed by atoms with van der Waals surface area (Å²) in [5, 5.41) is 2.92. The van der Waals surface area contributed by atoms with Crippen molar-refractivity contribution in [3.05, 3.63) is 47.7 Å². The van der Waals surface area contributed by atoms with Gasteiger partial charge in [-0.3, -0.25) is 4.79 Å². The highest BCUT2D eigenvalue weighted by Crippen LogP contribution is 2.25. The fourth-order valence-corrected chi connectivity index (χ4v) is 2.88. The van der Waals surface area contributed by atoms with Crippen LogP contribution in [0.25, 0.3) is 0 Å². The molecule has 24 heavy (non-hydrogen) atoms. The van der Waals surface area contributed by atoms with Crippen molar-refractivity contribution < 1.29 is 22.7 Å². The van der Waals surface area contributed by atoms with Crippen LogP contribution in [0.15, 0.2) is 29.0 Å². The number of carbonyl (C=O) groups is 1. The maximum Gasteiger partial charge on any atom is 0.289 e. The lowest BCUT2D eigenvalue weighted by Gasteiger charge is -2.29. The van der Waals surface area contributed by atoms with Gasteiger partial charge in [-0.1, -0.05) is 0 Å². The first kappa shape index (κ1) is 16.4. The van der Waals surface area contributed by atoms with E-state index in [0.29, 0.717) is 18.5 Å². The molecule has 1 aliphatic carbocycles. The first-order valence-electron chi connectivity index (χ1n) is 7.85. The number of aromatic nitrogens is 1. The number of nitrogens with zero attached hydrogens (tertiary/aromatic N) is 1. The molecule has 3 rings (SSSR count). The lowest BCUT2D eigenvalue weighted by atomic mass is 9.93. The van der Waals surface area contributed by atoms with Gasteiger partial charge in [0.25, 0.3) is 5.91 Å². The predicted octanol–water partition coefficient (Wildman–Crippen LogP) is 3.38. The second-order valence-electron chi connectivity index (χ2n) is 5.94. The number of halogens is 2. The Labute approximate surface area is 138 Å². The monoisotopic (exact) mass is 336 g/mol. The van der Waals surface area contributed by atoms with Gasteiger partial charge in [-0.15, -0.1) is 0 Å². The number of nitrogens with one attached hydrogen (secondary N) is 1. The number of rotatable bonds is 4. The van der Waals surface area contributed by atoms with Gasteiger partial charge in [-0.2, -0.15) is 0 Å². The number of aryl methyl sites for hydroxylation is 1.